The maximum absolute atomic E-state index is 12.8. The van der Waals surface area contributed by atoms with Gasteiger partial charge in [0.2, 0.25) is 0 Å². The molecule has 0 aliphatic rings. The lowest BCUT2D eigenvalue weighted by molar-refractivity contribution is -0.137. The highest BCUT2D eigenvalue weighted by Gasteiger charge is 2.30. The largest absolute Gasteiger partial charge is 0.483 e. The van der Waals surface area contributed by atoms with Crippen molar-refractivity contribution in [2.75, 3.05) is 11.9 Å². The standard InChI is InChI=1S/C21H17F3N2O3/c1-2-10-26-11-9-16-17(20(26)28)7-4-8-18(16)29-13-19(27)25-15-6-3-5-14(12-15)21(22,23)24/h2-9,11-12H,1,10,13H2,(H,25,27). The molecule has 0 bridgehead atoms. The minimum Gasteiger partial charge on any atom is -0.483 e. The van der Waals surface area contributed by atoms with Crippen molar-refractivity contribution in [3.05, 3.63) is 83.3 Å². The topological polar surface area (TPSA) is 60.3 Å². The van der Waals surface area contributed by atoms with Gasteiger partial charge in [-0.2, -0.15) is 13.2 Å². The van der Waals surface area contributed by atoms with E-state index in [-0.39, 0.29) is 11.2 Å². The summed E-state index contributed by atoms with van der Waals surface area (Å²) in [6.07, 6.45) is -1.30. The summed E-state index contributed by atoms with van der Waals surface area (Å²) in [4.78, 5) is 24.5. The van der Waals surface area contributed by atoms with Crippen molar-refractivity contribution in [1.29, 1.82) is 0 Å². The summed E-state index contributed by atoms with van der Waals surface area (Å²) in [5.41, 5.74) is -1.07. The van der Waals surface area contributed by atoms with Gasteiger partial charge >= 0.3 is 6.18 Å². The van der Waals surface area contributed by atoms with Gasteiger partial charge in [0, 0.05) is 23.8 Å². The number of nitrogens with zero attached hydrogens (tertiary/aromatic N) is 1. The quantitative estimate of drug-likeness (QED) is 0.628. The van der Waals surface area contributed by atoms with Gasteiger partial charge < -0.3 is 14.6 Å². The highest BCUT2D eigenvalue weighted by atomic mass is 19.4. The molecule has 0 fully saturated rings. The highest BCUT2D eigenvalue weighted by Crippen LogP contribution is 2.30. The second-order valence-electron chi connectivity index (χ2n) is 6.19. The Morgan fingerprint density at radius 2 is 1.90 bits per heavy atom. The van der Waals surface area contributed by atoms with Crippen LogP contribution in [0.25, 0.3) is 10.8 Å². The molecule has 1 heterocycles. The van der Waals surface area contributed by atoms with E-state index in [2.05, 4.69) is 11.9 Å². The van der Waals surface area contributed by atoms with E-state index in [1.807, 2.05) is 0 Å². The number of pyridine rings is 1. The first-order chi connectivity index (χ1) is 13.8. The first-order valence-electron chi connectivity index (χ1n) is 8.62. The third-order valence-electron chi connectivity index (χ3n) is 4.14. The lowest BCUT2D eigenvalue weighted by Gasteiger charge is -2.12. The zero-order valence-electron chi connectivity index (χ0n) is 15.2. The normalized spacial score (nSPS) is 11.3. The number of aromatic nitrogens is 1. The molecule has 2 aromatic carbocycles. The van der Waals surface area contributed by atoms with E-state index in [1.165, 1.54) is 16.7 Å². The van der Waals surface area contributed by atoms with Crippen LogP contribution in [0.5, 0.6) is 5.75 Å². The Morgan fingerprint density at radius 1 is 1.14 bits per heavy atom. The number of ether oxygens (including phenoxy) is 1. The van der Waals surface area contributed by atoms with Crippen LogP contribution in [0, 0.1) is 0 Å². The molecular formula is C21H17F3N2O3. The summed E-state index contributed by atoms with van der Waals surface area (Å²) >= 11 is 0. The van der Waals surface area contributed by atoms with Crippen molar-refractivity contribution in [3.63, 3.8) is 0 Å². The lowest BCUT2D eigenvalue weighted by Crippen LogP contribution is -2.21. The maximum atomic E-state index is 12.8. The molecule has 0 atom stereocenters. The number of fused-ring (bicyclic) bond motifs is 1. The number of halogens is 3. The number of alkyl halides is 3. The van der Waals surface area contributed by atoms with Crippen LogP contribution in [-0.4, -0.2) is 17.1 Å². The molecule has 0 aliphatic heterocycles. The number of carbonyl (C=O) groups is 1. The second kappa shape index (κ2) is 8.22. The van der Waals surface area contributed by atoms with Gasteiger partial charge in [0.25, 0.3) is 11.5 Å². The molecule has 1 aromatic heterocycles. The number of allylic oxidation sites excluding steroid dienone is 1. The Morgan fingerprint density at radius 3 is 2.62 bits per heavy atom. The molecule has 1 amide bonds. The van der Waals surface area contributed by atoms with Crippen LogP contribution >= 0.6 is 0 Å². The SMILES string of the molecule is C=CCn1ccc2c(OCC(=O)Nc3cccc(C(F)(F)F)c3)cccc2c1=O. The second-order valence-corrected chi connectivity index (χ2v) is 6.19. The van der Waals surface area contributed by atoms with Crippen molar-refractivity contribution >= 4 is 22.4 Å². The van der Waals surface area contributed by atoms with Crippen molar-refractivity contribution in [2.24, 2.45) is 0 Å². The molecule has 150 valence electrons. The molecule has 0 spiro atoms. The maximum Gasteiger partial charge on any atom is 0.416 e. The summed E-state index contributed by atoms with van der Waals surface area (Å²) in [6.45, 7) is 3.54. The van der Waals surface area contributed by atoms with Crippen molar-refractivity contribution in [2.45, 2.75) is 12.7 Å². The van der Waals surface area contributed by atoms with E-state index >= 15 is 0 Å². The lowest BCUT2D eigenvalue weighted by atomic mass is 10.1. The first kappa shape index (κ1) is 20.2. The molecule has 1 N–H and O–H groups in total. The van der Waals surface area contributed by atoms with Crippen molar-refractivity contribution in [1.82, 2.24) is 4.57 Å². The number of hydrogen-bond donors (Lipinski definition) is 1. The molecule has 5 nitrogen and oxygen atoms in total. The number of rotatable bonds is 6. The highest BCUT2D eigenvalue weighted by molar-refractivity contribution is 5.93. The summed E-state index contributed by atoms with van der Waals surface area (Å²) in [6, 6.07) is 10.9. The van der Waals surface area contributed by atoms with E-state index in [1.54, 1.807) is 36.5 Å². The van der Waals surface area contributed by atoms with Crippen LogP contribution in [0.15, 0.2) is 72.2 Å². The van der Waals surface area contributed by atoms with Gasteiger partial charge in [-0.15, -0.1) is 6.58 Å². The average Bonchev–Trinajstić information content (AvgIpc) is 2.68. The van der Waals surface area contributed by atoms with Crippen molar-refractivity contribution < 1.29 is 22.7 Å². The number of anilines is 1. The molecule has 3 rings (SSSR count). The Hall–Kier alpha value is -3.55. The van der Waals surface area contributed by atoms with Gasteiger partial charge in [0.1, 0.15) is 5.75 Å². The fourth-order valence-electron chi connectivity index (χ4n) is 2.81. The molecule has 0 aliphatic carbocycles. The average molecular weight is 402 g/mol. The number of nitrogens with one attached hydrogen (secondary N) is 1. The Kier molecular flexibility index (Phi) is 5.72. The Balaban J connectivity index is 1.74. The minimum absolute atomic E-state index is 0.0126. The number of amides is 1. The van der Waals surface area contributed by atoms with Gasteiger partial charge in [0.15, 0.2) is 6.61 Å². The molecule has 0 unspecified atom stereocenters. The number of benzene rings is 2. The Labute approximate surface area is 164 Å². The third kappa shape index (κ3) is 4.66. The van der Waals surface area contributed by atoms with Gasteiger partial charge in [-0.1, -0.05) is 18.2 Å². The molecular weight excluding hydrogens is 385 g/mol. The molecule has 0 saturated carbocycles. The van der Waals surface area contributed by atoms with E-state index in [4.69, 9.17) is 4.74 Å². The zero-order valence-corrected chi connectivity index (χ0v) is 15.2. The molecule has 8 heteroatoms. The molecule has 29 heavy (non-hydrogen) atoms. The van der Waals surface area contributed by atoms with Crippen LogP contribution in [-0.2, 0) is 17.5 Å². The van der Waals surface area contributed by atoms with Gasteiger partial charge in [-0.25, -0.2) is 0 Å². The van der Waals surface area contributed by atoms with Gasteiger partial charge in [-0.05, 0) is 36.4 Å². The molecule has 3 aromatic rings. The fraction of sp³-hybridized carbons (Fsp3) is 0.143. The number of hydrogen-bond acceptors (Lipinski definition) is 3. The molecule has 0 radical (unpaired) electrons. The summed E-state index contributed by atoms with van der Waals surface area (Å²) in [5, 5.41) is 3.32. The predicted octanol–water partition coefficient (Wildman–Crippen LogP) is 4.22. The Bertz CT molecular complexity index is 1120. The predicted molar refractivity (Wildman–Crippen MR) is 104 cm³/mol. The first-order valence-corrected chi connectivity index (χ1v) is 8.62. The van der Waals surface area contributed by atoms with Gasteiger partial charge in [-0.3, -0.25) is 9.59 Å². The summed E-state index contributed by atoms with van der Waals surface area (Å²) < 4.78 is 45.3. The van der Waals surface area contributed by atoms with E-state index in [0.717, 1.165) is 12.1 Å². The smallest absolute Gasteiger partial charge is 0.416 e. The molecule has 0 saturated heterocycles. The summed E-state index contributed by atoms with van der Waals surface area (Å²) in [5.74, 6) is -0.300. The van der Waals surface area contributed by atoms with E-state index in [0.29, 0.717) is 23.1 Å². The minimum atomic E-state index is -4.50. The van der Waals surface area contributed by atoms with Crippen LogP contribution in [0.1, 0.15) is 5.56 Å². The van der Waals surface area contributed by atoms with Crippen LogP contribution in [0.4, 0.5) is 18.9 Å². The fourth-order valence-corrected chi connectivity index (χ4v) is 2.81. The van der Waals surface area contributed by atoms with Crippen LogP contribution < -0.4 is 15.6 Å². The zero-order chi connectivity index (χ0) is 21.0. The van der Waals surface area contributed by atoms with Crippen LogP contribution in [0.2, 0.25) is 0 Å². The van der Waals surface area contributed by atoms with E-state index < -0.39 is 24.3 Å². The van der Waals surface area contributed by atoms with Crippen molar-refractivity contribution in [3.8, 4) is 5.75 Å². The summed E-state index contributed by atoms with van der Waals surface area (Å²) in [7, 11) is 0. The van der Waals surface area contributed by atoms with Gasteiger partial charge in [0.05, 0.1) is 10.9 Å². The number of carbonyl (C=O) groups excluding carboxylic acids is 1. The third-order valence-corrected chi connectivity index (χ3v) is 4.14. The monoisotopic (exact) mass is 402 g/mol. The van der Waals surface area contributed by atoms with Crippen LogP contribution in [0.3, 0.4) is 0 Å². The van der Waals surface area contributed by atoms with E-state index in [9.17, 15) is 22.8 Å².